The summed E-state index contributed by atoms with van der Waals surface area (Å²) in [5.74, 6) is 3.23. The average Bonchev–Trinajstić information content (AvgIpc) is 3.96. The van der Waals surface area contributed by atoms with Crippen LogP contribution in [0, 0.1) is 0 Å². The number of hydrogen-bond acceptors (Lipinski definition) is 11. The van der Waals surface area contributed by atoms with Crippen LogP contribution in [-0.2, 0) is 43.1 Å². The number of unbranched alkanes of at least 4 members (excludes halogenated alkanes) is 1. The van der Waals surface area contributed by atoms with Gasteiger partial charge in [-0.15, -0.1) is 0 Å². The molecule has 3 aliphatic rings. The maximum atomic E-state index is 13.9. The van der Waals surface area contributed by atoms with Gasteiger partial charge >= 0.3 is 17.1 Å². The first-order valence-electron chi connectivity index (χ1n) is 18.7. The number of carbonyl (C=O) groups excluding carboxylic acids is 1. The number of nitrogens with one attached hydrogen (secondary N) is 1. The SMILES string of the molecule is CCSCCCCNC(=O)c1cccc2c1-c1nc-2nc2[n-]c(nc3nc(nc4[n-]c(n1)c1ccc(CO)cc41)-c1cc(CO)ccc1-3)c1c2CC=C(CO)C1.[Cu+2]. The molecule has 0 fully saturated rings. The number of aliphatic hydroxyl groups excluding tert-OH is 3. The number of carbonyl (C=O) groups is 1. The molecule has 0 saturated heterocycles. The summed E-state index contributed by atoms with van der Waals surface area (Å²) in [6, 6.07) is 16.5. The molecule has 1 aliphatic carbocycles. The van der Waals surface area contributed by atoms with E-state index in [0.29, 0.717) is 109 Å². The van der Waals surface area contributed by atoms with Gasteiger partial charge in [0.05, 0.1) is 43.1 Å². The van der Waals surface area contributed by atoms with Gasteiger partial charge < -0.3 is 50.5 Å². The minimum absolute atomic E-state index is 0. The zero-order chi connectivity index (χ0) is 38.3. The molecule has 8 bridgehead atoms. The van der Waals surface area contributed by atoms with Crippen LogP contribution in [0.4, 0.5) is 0 Å². The fourth-order valence-corrected chi connectivity index (χ4v) is 8.10. The molecule has 1 amide bonds. The first-order valence-corrected chi connectivity index (χ1v) is 19.8. The molecule has 3 aromatic heterocycles. The number of nitrogens with zero attached hydrogens (tertiary/aromatic N) is 8. The number of aliphatic hydroxyl groups is 3. The Morgan fingerprint density at radius 2 is 1.40 bits per heavy atom. The van der Waals surface area contributed by atoms with E-state index >= 15 is 0 Å². The van der Waals surface area contributed by atoms with Gasteiger partial charge in [0.25, 0.3) is 5.91 Å². The molecule has 5 heterocycles. The van der Waals surface area contributed by atoms with Crippen LogP contribution < -0.4 is 15.3 Å². The van der Waals surface area contributed by atoms with Crippen molar-refractivity contribution in [2.75, 3.05) is 24.7 Å². The summed E-state index contributed by atoms with van der Waals surface area (Å²) >= 11 is 1.89. The monoisotopic (exact) mass is 826 g/mol. The van der Waals surface area contributed by atoms with E-state index in [1.54, 1.807) is 6.07 Å². The van der Waals surface area contributed by atoms with E-state index in [0.717, 1.165) is 41.0 Å². The Bertz CT molecular complexity index is 2760. The third-order valence-corrected chi connectivity index (χ3v) is 11.3. The van der Waals surface area contributed by atoms with E-state index in [1.165, 1.54) is 0 Å². The number of thioether (sulfide) groups is 1. The number of benzene rings is 3. The summed E-state index contributed by atoms with van der Waals surface area (Å²) in [4.78, 5) is 53.7. The molecule has 13 nitrogen and oxygen atoms in total. The van der Waals surface area contributed by atoms with Crippen molar-refractivity contribution >= 4 is 51.0 Å². The molecule has 0 spiro atoms. The van der Waals surface area contributed by atoms with E-state index in [1.807, 2.05) is 66.4 Å². The van der Waals surface area contributed by atoms with Crippen molar-refractivity contribution in [2.45, 2.75) is 45.8 Å². The predicted octanol–water partition coefficient (Wildman–Crippen LogP) is 5.24. The molecule has 3 aromatic carbocycles. The van der Waals surface area contributed by atoms with E-state index in [2.05, 4.69) is 12.2 Å². The molecule has 15 heteroatoms. The largest absolute Gasteiger partial charge is 2.00 e. The van der Waals surface area contributed by atoms with Crippen LogP contribution in [0.25, 0.3) is 78.9 Å². The number of allylic oxidation sites excluding steroid dienone is 1. The van der Waals surface area contributed by atoms with Crippen molar-refractivity contribution in [2.24, 2.45) is 0 Å². The Balaban J connectivity index is 0.00000455. The molecule has 0 atom stereocenters. The molecular formula is C42H37CuN9O4S. The first kappa shape index (κ1) is 38.6. The maximum Gasteiger partial charge on any atom is 2.00 e. The van der Waals surface area contributed by atoms with Gasteiger partial charge in [-0.1, -0.05) is 49.4 Å². The van der Waals surface area contributed by atoms with Crippen molar-refractivity contribution in [3.05, 3.63) is 94.1 Å². The summed E-state index contributed by atoms with van der Waals surface area (Å²) in [6.07, 6.45) is 4.79. The molecule has 57 heavy (non-hydrogen) atoms. The minimum atomic E-state index is -0.234. The van der Waals surface area contributed by atoms with Crippen LogP contribution in [0.5, 0.6) is 0 Å². The molecule has 1 radical (unpaired) electrons. The minimum Gasteiger partial charge on any atom is -0.392 e. The zero-order valence-corrected chi connectivity index (χ0v) is 32.6. The third kappa shape index (κ3) is 7.15. The molecule has 6 aromatic rings. The summed E-state index contributed by atoms with van der Waals surface area (Å²) in [5.41, 5.74) is 8.38. The van der Waals surface area contributed by atoms with E-state index in [-0.39, 0.29) is 48.6 Å². The van der Waals surface area contributed by atoms with Crippen molar-refractivity contribution in [3.63, 3.8) is 0 Å². The van der Waals surface area contributed by atoms with Crippen LogP contribution >= 0.6 is 11.8 Å². The van der Waals surface area contributed by atoms with Crippen molar-refractivity contribution in [1.82, 2.24) is 45.2 Å². The Morgan fingerprint density at radius 1 is 0.719 bits per heavy atom. The van der Waals surface area contributed by atoms with Gasteiger partial charge in [0.1, 0.15) is 0 Å². The van der Waals surface area contributed by atoms with E-state index in [4.69, 9.17) is 39.9 Å². The summed E-state index contributed by atoms with van der Waals surface area (Å²) in [7, 11) is 0. The fourth-order valence-electron chi connectivity index (χ4n) is 7.40. The van der Waals surface area contributed by atoms with Gasteiger partial charge in [0.15, 0.2) is 0 Å². The number of amides is 1. The van der Waals surface area contributed by atoms with Crippen molar-refractivity contribution in [3.8, 4) is 45.6 Å². The van der Waals surface area contributed by atoms with E-state index < -0.39 is 0 Å². The average molecular weight is 827 g/mol. The van der Waals surface area contributed by atoms with Gasteiger partial charge in [0.2, 0.25) is 0 Å². The number of rotatable bonds is 10. The third-order valence-electron chi connectivity index (χ3n) is 10.3. The molecule has 9 rings (SSSR count). The quantitative estimate of drug-likeness (QED) is 0.0796. The Labute approximate surface area is 342 Å². The van der Waals surface area contributed by atoms with Gasteiger partial charge in [-0.3, -0.25) is 4.79 Å². The van der Waals surface area contributed by atoms with E-state index in [9.17, 15) is 20.1 Å². The summed E-state index contributed by atoms with van der Waals surface area (Å²) in [6.45, 7) is 2.23. The van der Waals surface area contributed by atoms with Crippen LogP contribution in [0.2, 0.25) is 0 Å². The molecule has 0 unspecified atom stereocenters. The summed E-state index contributed by atoms with van der Waals surface area (Å²) < 4.78 is 0. The Kier molecular flexibility index (Phi) is 11.0. The first-order chi connectivity index (χ1) is 27.5. The van der Waals surface area contributed by atoms with Gasteiger partial charge in [0, 0.05) is 57.0 Å². The predicted molar refractivity (Wildman–Crippen MR) is 215 cm³/mol. The van der Waals surface area contributed by atoms with Crippen molar-refractivity contribution < 1.29 is 37.2 Å². The number of aromatic nitrogens is 8. The van der Waals surface area contributed by atoms with Crippen LogP contribution in [-0.4, -0.2) is 75.8 Å². The Hall–Kier alpha value is -5.28. The zero-order valence-electron chi connectivity index (χ0n) is 30.9. The van der Waals surface area contributed by atoms with Crippen molar-refractivity contribution in [1.29, 1.82) is 0 Å². The van der Waals surface area contributed by atoms with Gasteiger partial charge in [-0.25, -0.2) is 9.97 Å². The fraction of sp³-hybridized carbons (Fsp3) is 0.262. The molecular weight excluding hydrogens is 790 g/mol. The molecule has 291 valence electrons. The molecule has 4 N–H and O–H groups in total. The number of fused-ring (bicyclic) bond motifs is 20. The second-order valence-corrected chi connectivity index (χ2v) is 15.2. The van der Waals surface area contributed by atoms with Gasteiger partial charge in [-0.2, -0.15) is 11.8 Å². The summed E-state index contributed by atoms with van der Waals surface area (Å²) in [5, 5.41) is 34.6. The van der Waals surface area contributed by atoms with Crippen LogP contribution in [0.3, 0.4) is 0 Å². The maximum absolute atomic E-state index is 13.9. The smallest absolute Gasteiger partial charge is 0.392 e. The Morgan fingerprint density at radius 3 is 2.21 bits per heavy atom. The molecule has 0 saturated carbocycles. The van der Waals surface area contributed by atoms with Gasteiger partial charge in [-0.05, 0) is 94.0 Å². The molecule has 2 aliphatic heterocycles. The van der Waals surface area contributed by atoms with Crippen LogP contribution in [0.1, 0.15) is 52.4 Å². The number of hydrogen-bond donors (Lipinski definition) is 4. The second-order valence-electron chi connectivity index (χ2n) is 13.8. The normalized spacial score (nSPS) is 12.7. The standard InChI is InChI=1S/C42H38N9O4S.Cu/c1-2-56-15-4-3-14-43-42(55)29-7-5-6-28-33(29)41-50-36-27-13-10-24(21-54)18-32(27)40(48-36)49-39-31-17-23(20-53)9-12-26(31)35(47-39)46-38-30-16-22(19-52)8-11-25(30)34(45-38)44-37(28)51-41;/h5-10,12-13,17-18,52-54H,2-4,11,14-16,19-21H2,1H3,(H2-,43,44,45,46,47,48,49,50,51,55);/q-1;+2/p-1. The van der Waals surface area contributed by atoms with Crippen LogP contribution in [0.15, 0.2) is 66.2 Å². The topological polar surface area (TPSA) is 195 Å². The second kappa shape index (κ2) is 16.3.